The average molecular weight is 321 g/mol. The average Bonchev–Trinajstić information content (AvgIpc) is 2.97. The second-order valence-corrected chi connectivity index (χ2v) is 4.98. The third-order valence-corrected chi connectivity index (χ3v) is 3.55. The summed E-state index contributed by atoms with van der Waals surface area (Å²) in [6.07, 6.45) is 3.48. The molecular weight excluding hydrogens is 310 g/mol. The largest absolute Gasteiger partial charge is 0.457 e. The van der Waals surface area contributed by atoms with Gasteiger partial charge in [0, 0.05) is 24.0 Å². The summed E-state index contributed by atoms with van der Waals surface area (Å²) in [7, 11) is 0. The van der Waals surface area contributed by atoms with Crippen LogP contribution in [0.4, 0.5) is 5.69 Å². The summed E-state index contributed by atoms with van der Waals surface area (Å²) in [5, 5.41) is 20.3. The first-order chi connectivity index (χ1) is 11.6. The first kappa shape index (κ1) is 15.2. The molecule has 118 valence electrons. The number of nitro benzene ring substituents is 1. The van der Waals surface area contributed by atoms with Crippen LogP contribution < -0.4 is 0 Å². The van der Waals surface area contributed by atoms with Crippen LogP contribution >= 0.6 is 0 Å². The van der Waals surface area contributed by atoms with Crippen molar-refractivity contribution in [1.29, 1.82) is 5.26 Å². The van der Waals surface area contributed by atoms with Gasteiger partial charge in [-0.1, -0.05) is 18.2 Å². The van der Waals surface area contributed by atoms with Crippen LogP contribution in [0.3, 0.4) is 0 Å². The van der Waals surface area contributed by atoms with Gasteiger partial charge in [-0.05, 0) is 18.2 Å². The van der Waals surface area contributed by atoms with Gasteiger partial charge in [0.2, 0.25) is 0 Å². The van der Waals surface area contributed by atoms with Crippen LogP contribution in [0.25, 0.3) is 5.52 Å². The van der Waals surface area contributed by atoms with Crippen LogP contribution in [-0.4, -0.2) is 15.3 Å². The van der Waals surface area contributed by atoms with Gasteiger partial charge >= 0.3 is 5.97 Å². The number of hydrogen-bond donors (Lipinski definition) is 0. The van der Waals surface area contributed by atoms with Crippen molar-refractivity contribution in [3.8, 4) is 6.07 Å². The van der Waals surface area contributed by atoms with Crippen molar-refractivity contribution in [3.63, 3.8) is 0 Å². The maximum absolute atomic E-state index is 12.1. The van der Waals surface area contributed by atoms with E-state index in [0.717, 1.165) is 0 Å². The van der Waals surface area contributed by atoms with Crippen molar-refractivity contribution in [2.24, 2.45) is 0 Å². The molecule has 0 atom stereocenters. The molecule has 0 aliphatic rings. The fraction of sp³-hybridized carbons (Fsp3) is 0.0588. The van der Waals surface area contributed by atoms with E-state index in [9.17, 15) is 20.2 Å². The molecule has 3 rings (SSSR count). The third kappa shape index (κ3) is 2.68. The van der Waals surface area contributed by atoms with Crippen molar-refractivity contribution in [2.75, 3.05) is 0 Å². The second-order valence-electron chi connectivity index (χ2n) is 4.98. The van der Waals surface area contributed by atoms with Crippen LogP contribution in [0.1, 0.15) is 21.5 Å². The van der Waals surface area contributed by atoms with E-state index in [1.807, 2.05) is 6.07 Å². The quantitative estimate of drug-likeness (QED) is 0.418. The number of para-hydroxylation sites is 1. The molecule has 0 aliphatic carbocycles. The second kappa shape index (κ2) is 6.22. The maximum atomic E-state index is 12.1. The maximum Gasteiger partial charge on any atom is 0.345 e. The summed E-state index contributed by atoms with van der Waals surface area (Å²) in [5.74, 6) is -0.804. The molecular formula is C17H11N3O4. The zero-order valence-corrected chi connectivity index (χ0v) is 12.4. The topological polar surface area (TPSA) is 97.6 Å². The van der Waals surface area contributed by atoms with E-state index in [0.29, 0.717) is 16.6 Å². The number of carbonyl (C=O) groups excluding carboxylic acids is 1. The number of benzene rings is 1. The summed E-state index contributed by atoms with van der Waals surface area (Å²) in [6, 6.07) is 13.1. The molecule has 0 unspecified atom stereocenters. The first-order valence-electron chi connectivity index (χ1n) is 7.01. The van der Waals surface area contributed by atoms with E-state index in [1.165, 1.54) is 24.3 Å². The van der Waals surface area contributed by atoms with Crippen molar-refractivity contribution in [2.45, 2.75) is 6.61 Å². The number of aromatic nitrogens is 1. The Bertz CT molecular complexity index is 985. The van der Waals surface area contributed by atoms with Crippen LogP contribution in [0.5, 0.6) is 0 Å². The number of hydrogen-bond acceptors (Lipinski definition) is 5. The predicted molar refractivity (Wildman–Crippen MR) is 84.3 cm³/mol. The monoisotopic (exact) mass is 321 g/mol. The minimum atomic E-state index is -0.804. The predicted octanol–water partition coefficient (Wildman–Crippen LogP) is 3.08. The number of fused-ring (bicyclic) bond motifs is 1. The highest BCUT2D eigenvalue weighted by Gasteiger charge is 2.21. The molecule has 24 heavy (non-hydrogen) atoms. The Balaban J connectivity index is 1.86. The van der Waals surface area contributed by atoms with Crippen LogP contribution in [0.15, 0.2) is 54.9 Å². The zero-order valence-electron chi connectivity index (χ0n) is 12.4. The van der Waals surface area contributed by atoms with E-state index < -0.39 is 10.9 Å². The number of carbonyl (C=O) groups is 1. The van der Waals surface area contributed by atoms with Gasteiger partial charge in [-0.15, -0.1) is 0 Å². The van der Waals surface area contributed by atoms with Gasteiger partial charge in [-0.3, -0.25) is 10.1 Å². The van der Waals surface area contributed by atoms with Gasteiger partial charge in [-0.25, -0.2) is 4.79 Å². The molecule has 1 aromatic carbocycles. The Labute approximate surface area is 136 Å². The number of nitriles is 1. The van der Waals surface area contributed by atoms with E-state index in [2.05, 4.69) is 6.07 Å². The fourth-order valence-corrected chi connectivity index (χ4v) is 2.44. The minimum Gasteiger partial charge on any atom is -0.457 e. The molecule has 0 spiro atoms. The molecule has 2 heterocycles. The lowest BCUT2D eigenvalue weighted by Crippen LogP contribution is -2.08. The number of rotatable bonds is 4. The molecule has 7 heteroatoms. The molecule has 0 saturated carbocycles. The van der Waals surface area contributed by atoms with E-state index in [4.69, 9.17) is 4.74 Å². The summed E-state index contributed by atoms with van der Waals surface area (Å²) in [4.78, 5) is 22.5. The van der Waals surface area contributed by atoms with Crippen LogP contribution in [0.2, 0.25) is 0 Å². The lowest BCUT2D eigenvalue weighted by molar-refractivity contribution is -0.385. The minimum absolute atomic E-state index is 0.121. The Morgan fingerprint density at radius 2 is 2.00 bits per heavy atom. The standard InChI is InChI=1S/C17H11N3O4/c18-9-14-12(10-19-8-4-3-6-15(14)19)11-24-17(21)13-5-1-2-7-16(13)20(22)23/h1-8,10H,11H2. The first-order valence-corrected chi connectivity index (χ1v) is 7.01. The highest BCUT2D eigenvalue weighted by atomic mass is 16.6. The molecule has 0 amide bonds. The molecule has 0 saturated heterocycles. The summed E-state index contributed by atoms with van der Waals surface area (Å²) in [5.41, 5.74) is 1.22. The van der Waals surface area contributed by atoms with Crippen LogP contribution in [0, 0.1) is 21.4 Å². The Kier molecular flexibility index (Phi) is 3.95. The molecule has 0 aliphatic heterocycles. The fourth-order valence-electron chi connectivity index (χ4n) is 2.44. The zero-order chi connectivity index (χ0) is 17.1. The normalized spacial score (nSPS) is 10.3. The highest BCUT2D eigenvalue weighted by Crippen LogP contribution is 2.21. The van der Waals surface area contributed by atoms with Gasteiger partial charge in [0.25, 0.3) is 5.69 Å². The van der Waals surface area contributed by atoms with Crippen molar-refractivity contribution < 1.29 is 14.5 Å². The van der Waals surface area contributed by atoms with E-state index >= 15 is 0 Å². The lowest BCUT2D eigenvalue weighted by atomic mass is 10.1. The molecule has 7 nitrogen and oxygen atoms in total. The molecule has 2 aromatic heterocycles. The number of esters is 1. The number of pyridine rings is 1. The number of ether oxygens (including phenoxy) is 1. The Hall–Kier alpha value is -3.66. The van der Waals surface area contributed by atoms with Gasteiger partial charge in [0.05, 0.1) is 16.0 Å². The van der Waals surface area contributed by atoms with E-state index in [1.54, 1.807) is 28.9 Å². The van der Waals surface area contributed by atoms with Crippen molar-refractivity contribution in [3.05, 3.63) is 81.7 Å². The lowest BCUT2D eigenvalue weighted by Gasteiger charge is -2.04. The summed E-state index contributed by atoms with van der Waals surface area (Å²) >= 11 is 0. The molecule has 0 bridgehead atoms. The van der Waals surface area contributed by atoms with Gasteiger partial charge in [0.1, 0.15) is 18.2 Å². The van der Waals surface area contributed by atoms with Gasteiger partial charge in [-0.2, -0.15) is 5.26 Å². The summed E-state index contributed by atoms with van der Waals surface area (Å²) in [6.45, 7) is -0.143. The van der Waals surface area contributed by atoms with Crippen molar-refractivity contribution in [1.82, 2.24) is 4.40 Å². The number of nitrogens with zero attached hydrogens (tertiary/aromatic N) is 3. The molecule has 3 aromatic rings. The SMILES string of the molecule is N#Cc1c(COC(=O)c2ccccc2[N+](=O)[O-])cn2ccccc12. The molecule has 0 N–H and O–H groups in total. The Morgan fingerprint density at radius 3 is 2.75 bits per heavy atom. The van der Waals surface area contributed by atoms with Gasteiger partial charge < -0.3 is 9.14 Å². The van der Waals surface area contributed by atoms with E-state index in [-0.39, 0.29) is 17.9 Å². The molecule has 0 radical (unpaired) electrons. The number of nitro groups is 1. The molecule has 0 fully saturated rings. The van der Waals surface area contributed by atoms with Gasteiger partial charge in [0.15, 0.2) is 0 Å². The van der Waals surface area contributed by atoms with Crippen molar-refractivity contribution >= 4 is 17.2 Å². The summed E-state index contributed by atoms with van der Waals surface area (Å²) < 4.78 is 6.93. The van der Waals surface area contributed by atoms with Crippen LogP contribution in [-0.2, 0) is 11.3 Å². The smallest absolute Gasteiger partial charge is 0.345 e. The highest BCUT2D eigenvalue weighted by molar-refractivity contribution is 5.93. The Morgan fingerprint density at radius 1 is 1.25 bits per heavy atom. The third-order valence-electron chi connectivity index (χ3n) is 3.55.